The molecule has 0 aliphatic carbocycles. The third-order valence-corrected chi connectivity index (χ3v) is 5.89. The average Bonchev–Trinajstić information content (AvgIpc) is 3.04. The Kier molecular flexibility index (Phi) is 5.88. The van der Waals surface area contributed by atoms with E-state index < -0.39 is 0 Å². The monoisotopic (exact) mass is 421 g/mol. The zero-order valence-corrected chi connectivity index (χ0v) is 18.1. The Morgan fingerprint density at radius 1 is 1.19 bits per heavy atom. The van der Waals surface area contributed by atoms with Crippen molar-refractivity contribution in [3.8, 4) is 5.75 Å². The van der Waals surface area contributed by atoms with Crippen molar-refractivity contribution in [2.75, 3.05) is 27.2 Å². The number of carbonyl (C=O) groups is 2. The SMILES string of the molecule is COc1cccc(C(=O)N(C)[C@@H]2CCCN(C(=O)c3cnn4cc(C)cnc34)CC2)c1. The van der Waals surface area contributed by atoms with Gasteiger partial charge in [-0.05, 0) is 49.9 Å². The molecule has 0 radical (unpaired) electrons. The van der Waals surface area contributed by atoms with Crippen molar-refractivity contribution in [3.63, 3.8) is 0 Å². The van der Waals surface area contributed by atoms with Crippen molar-refractivity contribution in [1.82, 2.24) is 24.4 Å². The van der Waals surface area contributed by atoms with Crippen molar-refractivity contribution >= 4 is 17.5 Å². The summed E-state index contributed by atoms with van der Waals surface area (Å²) >= 11 is 0. The average molecular weight is 422 g/mol. The number of hydrogen-bond donors (Lipinski definition) is 0. The van der Waals surface area contributed by atoms with E-state index in [2.05, 4.69) is 10.1 Å². The fourth-order valence-electron chi connectivity index (χ4n) is 4.08. The second kappa shape index (κ2) is 8.75. The maximum absolute atomic E-state index is 13.2. The molecule has 2 aromatic heterocycles. The van der Waals surface area contributed by atoms with Crippen LogP contribution in [0.3, 0.4) is 0 Å². The molecule has 8 heteroatoms. The van der Waals surface area contributed by atoms with Crippen LogP contribution in [0.2, 0.25) is 0 Å². The van der Waals surface area contributed by atoms with Crippen LogP contribution in [0.15, 0.2) is 42.9 Å². The van der Waals surface area contributed by atoms with E-state index in [1.165, 1.54) is 0 Å². The Morgan fingerprint density at radius 3 is 2.84 bits per heavy atom. The van der Waals surface area contributed by atoms with E-state index in [9.17, 15) is 9.59 Å². The van der Waals surface area contributed by atoms with Gasteiger partial charge in [-0.15, -0.1) is 0 Å². The molecule has 1 fully saturated rings. The summed E-state index contributed by atoms with van der Waals surface area (Å²) in [4.78, 5) is 34.2. The Bertz CT molecular complexity index is 1110. The number of nitrogens with zero attached hydrogens (tertiary/aromatic N) is 5. The molecular formula is C23H27N5O3. The lowest BCUT2D eigenvalue weighted by Crippen LogP contribution is -2.38. The molecular weight excluding hydrogens is 394 g/mol. The highest BCUT2D eigenvalue weighted by Gasteiger charge is 2.28. The van der Waals surface area contributed by atoms with Gasteiger partial charge in [-0.3, -0.25) is 9.59 Å². The van der Waals surface area contributed by atoms with Gasteiger partial charge in [0.2, 0.25) is 0 Å². The summed E-state index contributed by atoms with van der Waals surface area (Å²) in [6.07, 6.45) is 7.59. The van der Waals surface area contributed by atoms with Gasteiger partial charge in [-0.25, -0.2) is 9.50 Å². The molecule has 0 spiro atoms. The van der Waals surface area contributed by atoms with Gasteiger partial charge in [0.25, 0.3) is 11.8 Å². The molecule has 3 heterocycles. The van der Waals surface area contributed by atoms with Gasteiger partial charge in [0.1, 0.15) is 11.3 Å². The number of aromatic nitrogens is 3. The molecule has 1 atom stereocenters. The van der Waals surface area contributed by atoms with E-state index in [1.807, 2.05) is 37.2 Å². The van der Waals surface area contributed by atoms with Gasteiger partial charge < -0.3 is 14.5 Å². The molecule has 2 amide bonds. The van der Waals surface area contributed by atoms with Crippen molar-refractivity contribution in [2.24, 2.45) is 0 Å². The van der Waals surface area contributed by atoms with Crippen molar-refractivity contribution in [2.45, 2.75) is 32.2 Å². The van der Waals surface area contributed by atoms with E-state index in [0.29, 0.717) is 35.6 Å². The van der Waals surface area contributed by atoms with Crippen molar-refractivity contribution in [1.29, 1.82) is 0 Å². The number of aryl methyl sites for hydroxylation is 1. The highest BCUT2D eigenvalue weighted by atomic mass is 16.5. The molecule has 1 aliphatic heterocycles. The first-order valence-electron chi connectivity index (χ1n) is 10.5. The molecule has 1 saturated heterocycles. The smallest absolute Gasteiger partial charge is 0.259 e. The summed E-state index contributed by atoms with van der Waals surface area (Å²) in [5.41, 5.74) is 2.67. The largest absolute Gasteiger partial charge is 0.497 e. The summed E-state index contributed by atoms with van der Waals surface area (Å²) < 4.78 is 6.88. The zero-order chi connectivity index (χ0) is 22.0. The van der Waals surface area contributed by atoms with Crippen LogP contribution in [-0.2, 0) is 0 Å². The normalized spacial score (nSPS) is 16.7. The van der Waals surface area contributed by atoms with Crippen LogP contribution in [0.25, 0.3) is 5.65 Å². The van der Waals surface area contributed by atoms with Gasteiger partial charge >= 0.3 is 0 Å². The van der Waals surface area contributed by atoms with Crippen LogP contribution in [0, 0.1) is 6.92 Å². The molecule has 162 valence electrons. The van der Waals surface area contributed by atoms with Gasteiger partial charge in [0.05, 0.1) is 13.3 Å². The first kappa shape index (κ1) is 20.8. The quantitative estimate of drug-likeness (QED) is 0.647. The van der Waals surface area contributed by atoms with Crippen LogP contribution < -0.4 is 4.74 Å². The number of fused-ring (bicyclic) bond motifs is 1. The molecule has 0 bridgehead atoms. The highest BCUT2D eigenvalue weighted by molar-refractivity contribution is 5.99. The third kappa shape index (κ3) is 4.23. The minimum absolute atomic E-state index is 0.0362. The molecule has 31 heavy (non-hydrogen) atoms. The number of ether oxygens (including phenoxy) is 1. The molecule has 1 aliphatic rings. The molecule has 0 saturated carbocycles. The molecule has 0 unspecified atom stereocenters. The summed E-state index contributed by atoms with van der Waals surface area (Å²) in [7, 11) is 3.42. The molecule has 3 aromatic rings. The van der Waals surface area contributed by atoms with Gasteiger partial charge in [-0.1, -0.05) is 6.07 Å². The van der Waals surface area contributed by atoms with E-state index in [1.54, 1.807) is 41.1 Å². The highest BCUT2D eigenvalue weighted by Crippen LogP contribution is 2.22. The number of hydrogen-bond acceptors (Lipinski definition) is 5. The van der Waals surface area contributed by atoms with Crippen LogP contribution in [-0.4, -0.2) is 69.5 Å². The number of methoxy groups -OCH3 is 1. The Morgan fingerprint density at radius 2 is 2.03 bits per heavy atom. The number of carbonyl (C=O) groups excluding carboxylic acids is 2. The van der Waals surface area contributed by atoms with Gasteiger partial charge in [0, 0.05) is 44.1 Å². The molecule has 0 N–H and O–H groups in total. The van der Waals surface area contributed by atoms with Gasteiger partial charge in [0.15, 0.2) is 5.65 Å². The van der Waals surface area contributed by atoms with E-state index in [0.717, 1.165) is 24.8 Å². The summed E-state index contributed by atoms with van der Waals surface area (Å²) in [5, 5.41) is 4.28. The van der Waals surface area contributed by atoms with Crippen molar-refractivity contribution in [3.05, 3.63) is 59.5 Å². The lowest BCUT2D eigenvalue weighted by molar-refractivity contribution is 0.0710. The standard InChI is InChI=1S/C23H27N5O3/c1-16-13-24-21-20(14-25-28(21)15-16)23(30)27-10-5-7-18(9-11-27)26(2)22(29)17-6-4-8-19(12-17)31-3/h4,6,8,12-15,18H,5,7,9-11H2,1-3H3/t18-/m1/s1. The first-order chi connectivity index (χ1) is 15.0. The van der Waals surface area contributed by atoms with Gasteiger partial charge in [-0.2, -0.15) is 5.10 Å². The summed E-state index contributed by atoms with van der Waals surface area (Å²) in [6.45, 7) is 3.18. The van der Waals surface area contributed by atoms with E-state index >= 15 is 0 Å². The Balaban J connectivity index is 1.45. The minimum Gasteiger partial charge on any atom is -0.497 e. The number of rotatable bonds is 4. The Hall–Kier alpha value is -3.42. The first-order valence-corrected chi connectivity index (χ1v) is 10.5. The summed E-state index contributed by atoms with van der Waals surface area (Å²) in [6, 6.07) is 7.27. The van der Waals surface area contributed by atoms with Crippen LogP contribution in [0.4, 0.5) is 0 Å². The lowest BCUT2D eigenvalue weighted by Gasteiger charge is -2.27. The van der Waals surface area contributed by atoms with E-state index in [-0.39, 0.29) is 17.9 Å². The third-order valence-electron chi connectivity index (χ3n) is 5.89. The van der Waals surface area contributed by atoms with Crippen LogP contribution >= 0.6 is 0 Å². The molecule has 1 aromatic carbocycles. The molecule has 8 nitrogen and oxygen atoms in total. The minimum atomic E-state index is -0.0613. The Labute approximate surface area is 181 Å². The second-order valence-electron chi connectivity index (χ2n) is 7.98. The topological polar surface area (TPSA) is 80.0 Å². The number of likely N-dealkylation sites (tertiary alicyclic amines) is 1. The van der Waals surface area contributed by atoms with Crippen LogP contribution in [0.1, 0.15) is 45.5 Å². The lowest BCUT2D eigenvalue weighted by atomic mass is 10.1. The van der Waals surface area contributed by atoms with E-state index in [4.69, 9.17) is 4.74 Å². The zero-order valence-electron chi connectivity index (χ0n) is 18.1. The maximum Gasteiger partial charge on any atom is 0.259 e. The fourth-order valence-corrected chi connectivity index (χ4v) is 4.08. The number of amides is 2. The van der Waals surface area contributed by atoms with Crippen molar-refractivity contribution < 1.29 is 14.3 Å². The number of benzene rings is 1. The maximum atomic E-state index is 13.2. The predicted octanol–water partition coefficient (Wildman–Crippen LogP) is 2.81. The fraction of sp³-hybridized carbons (Fsp3) is 0.391. The molecule has 4 rings (SSSR count). The van der Waals surface area contributed by atoms with Crippen LogP contribution in [0.5, 0.6) is 5.75 Å². The summed E-state index contributed by atoms with van der Waals surface area (Å²) in [5.74, 6) is 0.564. The predicted molar refractivity (Wildman–Crippen MR) is 116 cm³/mol. The second-order valence-corrected chi connectivity index (χ2v) is 7.98.